The van der Waals surface area contributed by atoms with Crippen molar-refractivity contribution in [2.75, 3.05) is 5.32 Å². The van der Waals surface area contributed by atoms with Gasteiger partial charge in [-0.05, 0) is 42.0 Å². The van der Waals surface area contributed by atoms with Crippen LogP contribution in [0, 0.1) is 0 Å². The first-order valence-corrected chi connectivity index (χ1v) is 9.17. The van der Waals surface area contributed by atoms with E-state index >= 15 is 0 Å². The van der Waals surface area contributed by atoms with E-state index in [0.29, 0.717) is 11.7 Å². The fourth-order valence-electron chi connectivity index (χ4n) is 3.00. The molecule has 1 amide bonds. The van der Waals surface area contributed by atoms with Gasteiger partial charge in [-0.15, -0.1) is 11.3 Å². The first-order valence-electron chi connectivity index (χ1n) is 8.29. The largest absolute Gasteiger partial charge is 0.334 e. The highest BCUT2D eigenvalue weighted by molar-refractivity contribution is 7.16. The number of aryl methyl sites for hydroxylation is 1. The lowest BCUT2D eigenvalue weighted by Gasteiger charge is -2.05. The maximum atomic E-state index is 12.2. The van der Waals surface area contributed by atoms with Crippen molar-refractivity contribution in [1.29, 1.82) is 0 Å². The number of nitrogens with one attached hydrogen (secondary N) is 2. The molecular formula is C19H14N6OS. The number of nitrogens with zero attached hydrogens (tertiary/aromatic N) is 4. The second-order valence-electron chi connectivity index (χ2n) is 6.21. The number of aliphatic imine (C=N–C) groups is 1. The standard InChI is InChI=1S/C19H14N6OS/c1-25-9-20-14-8-12(3-5-16(14)25)22-19-23-15(18(26)24-19)6-11-2-4-13-17(7-11)27-10-21-13/h2-10H,1H3,(H2,22,23,24,26)/b15-6-. The molecule has 132 valence electrons. The highest BCUT2D eigenvalue weighted by atomic mass is 32.1. The number of benzene rings is 2. The lowest BCUT2D eigenvalue weighted by atomic mass is 10.2. The van der Waals surface area contributed by atoms with Gasteiger partial charge in [0.25, 0.3) is 5.91 Å². The van der Waals surface area contributed by atoms with Crippen LogP contribution in [0.15, 0.2) is 58.9 Å². The molecule has 0 radical (unpaired) electrons. The fraction of sp³-hybridized carbons (Fsp3) is 0.0526. The first kappa shape index (κ1) is 15.7. The van der Waals surface area contributed by atoms with E-state index in [1.807, 2.05) is 53.5 Å². The van der Waals surface area contributed by atoms with Crippen molar-refractivity contribution < 1.29 is 4.79 Å². The molecule has 1 aliphatic rings. The molecule has 0 atom stereocenters. The predicted molar refractivity (Wildman–Crippen MR) is 108 cm³/mol. The van der Waals surface area contributed by atoms with Crippen LogP contribution >= 0.6 is 11.3 Å². The molecule has 5 rings (SSSR count). The Morgan fingerprint density at radius 3 is 3.00 bits per heavy atom. The average molecular weight is 374 g/mol. The Morgan fingerprint density at radius 1 is 1.15 bits per heavy atom. The smallest absolute Gasteiger partial charge is 0.276 e. The maximum absolute atomic E-state index is 12.2. The summed E-state index contributed by atoms with van der Waals surface area (Å²) < 4.78 is 3.03. The van der Waals surface area contributed by atoms with Crippen molar-refractivity contribution in [3.63, 3.8) is 0 Å². The van der Waals surface area contributed by atoms with E-state index in [1.165, 1.54) is 0 Å². The number of rotatable bonds is 2. The van der Waals surface area contributed by atoms with E-state index in [9.17, 15) is 4.79 Å². The van der Waals surface area contributed by atoms with Crippen molar-refractivity contribution in [3.05, 3.63) is 59.5 Å². The van der Waals surface area contributed by atoms with E-state index in [4.69, 9.17) is 0 Å². The highest BCUT2D eigenvalue weighted by Crippen LogP contribution is 2.22. The molecule has 0 fully saturated rings. The monoisotopic (exact) mass is 374 g/mol. The van der Waals surface area contributed by atoms with Crippen LogP contribution in [0.5, 0.6) is 0 Å². The first-order chi connectivity index (χ1) is 13.2. The quantitative estimate of drug-likeness (QED) is 0.528. The molecule has 2 N–H and O–H groups in total. The average Bonchev–Trinajstić information content (AvgIpc) is 3.35. The molecule has 0 bridgehead atoms. The summed E-state index contributed by atoms with van der Waals surface area (Å²) in [5.41, 5.74) is 6.76. The van der Waals surface area contributed by atoms with E-state index in [1.54, 1.807) is 23.7 Å². The topological polar surface area (TPSA) is 84.2 Å². The van der Waals surface area contributed by atoms with Gasteiger partial charge >= 0.3 is 0 Å². The Labute approximate surface area is 158 Å². The number of fused-ring (bicyclic) bond motifs is 2. The summed E-state index contributed by atoms with van der Waals surface area (Å²) in [5, 5.41) is 5.89. The number of amides is 1. The fourth-order valence-corrected chi connectivity index (χ4v) is 3.72. The minimum atomic E-state index is -0.235. The number of hydrogen-bond acceptors (Lipinski definition) is 6. The molecule has 27 heavy (non-hydrogen) atoms. The van der Waals surface area contributed by atoms with Gasteiger partial charge in [0.1, 0.15) is 5.70 Å². The Morgan fingerprint density at radius 2 is 2.07 bits per heavy atom. The van der Waals surface area contributed by atoms with Gasteiger partial charge in [-0.2, -0.15) is 0 Å². The zero-order valence-electron chi connectivity index (χ0n) is 14.3. The van der Waals surface area contributed by atoms with Crippen molar-refractivity contribution in [2.45, 2.75) is 0 Å². The summed E-state index contributed by atoms with van der Waals surface area (Å²) in [7, 11) is 1.95. The lowest BCUT2D eigenvalue weighted by molar-refractivity contribution is -0.115. The third kappa shape index (κ3) is 2.85. The van der Waals surface area contributed by atoms with Crippen LogP contribution in [0.2, 0.25) is 0 Å². The summed E-state index contributed by atoms with van der Waals surface area (Å²) >= 11 is 1.57. The molecular weight excluding hydrogens is 360 g/mol. The van der Waals surface area contributed by atoms with Gasteiger partial charge in [-0.3, -0.25) is 10.1 Å². The maximum Gasteiger partial charge on any atom is 0.276 e. The Bertz CT molecular complexity index is 1270. The molecule has 0 spiro atoms. The molecule has 1 aliphatic heterocycles. The van der Waals surface area contributed by atoms with Crippen molar-refractivity contribution in [2.24, 2.45) is 12.0 Å². The molecule has 7 nitrogen and oxygen atoms in total. The summed E-state index contributed by atoms with van der Waals surface area (Å²) in [4.78, 5) is 25.2. The normalized spacial score (nSPS) is 15.5. The van der Waals surface area contributed by atoms with Gasteiger partial charge in [-0.25, -0.2) is 15.0 Å². The second kappa shape index (κ2) is 6.03. The Balaban J connectivity index is 1.42. The molecule has 3 heterocycles. The van der Waals surface area contributed by atoms with E-state index in [-0.39, 0.29) is 5.91 Å². The second-order valence-corrected chi connectivity index (χ2v) is 7.09. The van der Waals surface area contributed by atoms with Gasteiger partial charge in [0.05, 0.1) is 33.1 Å². The molecule has 8 heteroatoms. The van der Waals surface area contributed by atoms with Crippen LogP contribution in [0.4, 0.5) is 5.69 Å². The number of thiazole rings is 1. The van der Waals surface area contributed by atoms with Crippen LogP contribution in [0.1, 0.15) is 5.56 Å². The highest BCUT2D eigenvalue weighted by Gasteiger charge is 2.20. The number of hydrogen-bond donors (Lipinski definition) is 2. The lowest BCUT2D eigenvalue weighted by Crippen LogP contribution is -2.29. The molecule has 0 unspecified atom stereocenters. The number of anilines is 1. The minimum absolute atomic E-state index is 0.235. The zero-order chi connectivity index (χ0) is 18.4. The van der Waals surface area contributed by atoms with Crippen LogP contribution in [-0.2, 0) is 11.8 Å². The number of aromatic nitrogens is 3. The minimum Gasteiger partial charge on any atom is -0.334 e. The molecule has 0 saturated heterocycles. The van der Waals surface area contributed by atoms with Gasteiger partial charge in [0.2, 0.25) is 5.96 Å². The predicted octanol–water partition coefficient (Wildman–Crippen LogP) is 3.12. The Kier molecular flexibility index (Phi) is 3.51. The van der Waals surface area contributed by atoms with Gasteiger partial charge in [-0.1, -0.05) is 6.07 Å². The SMILES string of the molecule is Cn1cnc2cc(NC3=N/C(=C\c4ccc5ncsc5c4)C(=O)N3)ccc21. The van der Waals surface area contributed by atoms with Crippen molar-refractivity contribution >= 4 is 56.2 Å². The van der Waals surface area contributed by atoms with E-state index in [2.05, 4.69) is 25.6 Å². The third-order valence-corrected chi connectivity index (χ3v) is 5.14. The molecule has 2 aromatic carbocycles. The molecule has 2 aromatic heterocycles. The molecule has 4 aromatic rings. The third-order valence-electron chi connectivity index (χ3n) is 4.34. The Hall–Kier alpha value is -3.52. The van der Waals surface area contributed by atoms with Crippen LogP contribution < -0.4 is 10.6 Å². The molecule has 0 aliphatic carbocycles. The summed E-state index contributed by atoms with van der Waals surface area (Å²) in [5.74, 6) is 0.168. The van der Waals surface area contributed by atoms with Crippen molar-refractivity contribution in [1.82, 2.24) is 19.9 Å². The van der Waals surface area contributed by atoms with Crippen LogP contribution in [0.3, 0.4) is 0 Å². The van der Waals surface area contributed by atoms with Gasteiger partial charge in [0, 0.05) is 12.7 Å². The van der Waals surface area contributed by atoms with E-state index in [0.717, 1.165) is 32.5 Å². The summed E-state index contributed by atoms with van der Waals surface area (Å²) in [6.07, 6.45) is 3.54. The number of carbonyl (C=O) groups is 1. The van der Waals surface area contributed by atoms with Gasteiger partial charge in [0.15, 0.2) is 0 Å². The summed E-state index contributed by atoms with van der Waals surface area (Å²) in [6, 6.07) is 11.7. The molecule has 0 saturated carbocycles. The van der Waals surface area contributed by atoms with Crippen LogP contribution in [-0.4, -0.2) is 26.4 Å². The summed E-state index contributed by atoms with van der Waals surface area (Å²) in [6.45, 7) is 0. The van der Waals surface area contributed by atoms with Gasteiger partial charge < -0.3 is 9.88 Å². The number of imidazole rings is 1. The van der Waals surface area contributed by atoms with Crippen LogP contribution in [0.25, 0.3) is 27.3 Å². The number of guanidine groups is 1. The van der Waals surface area contributed by atoms with Crippen molar-refractivity contribution in [3.8, 4) is 0 Å². The number of carbonyl (C=O) groups excluding carboxylic acids is 1. The van der Waals surface area contributed by atoms with E-state index < -0.39 is 0 Å². The zero-order valence-corrected chi connectivity index (χ0v) is 15.1.